The first-order valence-corrected chi connectivity index (χ1v) is 11.9. The molecule has 0 aliphatic rings. The number of ether oxygens (including phenoxy) is 3. The van der Waals surface area contributed by atoms with Gasteiger partial charge in [-0.15, -0.1) is 0 Å². The van der Waals surface area contributed by atoms with Gasteiger partial charge in [0.2, 0.25) is 11.7 Å². The fourth-order valence-electron chi connectivity index (χ4n) is 3.18. The number of alkyl carbamates (subject to hydrolysis) is 1. The zero-order valence-electron chi connectivity index (χ0n) is 21.3. The standard InChI is InChI=1S/C25H39N3O7/c1-17(2)15-20(22(29)24(31)26-11-12-34-19-9-7-6-8-10-19)27-23(30)21(16-18(3)4)28-25(32)35-14-13-33-5/h6-10,17-18,20-21H,11-16H2,1-5H3,(H,26,31)(H,27,30)(H,28,32)/t20-,21-/m0/s1. The number of amides is 3. The highest BCUT2D eigenvalue weighted by molar-refractivity contribution is 6.38. The number of nitrogens with one attached hydrogen (secondary N) is 3. The summed E-state index contributed by atoms with van der Waals surface area (Å²) in [5, 5.41) is 7.72. The third-order valence-electron chi connectivity index (χ3n) is 4.80. The minimum Gasteiger partial charge on any atom is -0.492 e. The first-order valence-electron chi connectivity index (χ1n) is 11.9. The van der Waals surface area contributed by atoms with E-state index in [1.54, 1.807) is 12.1 Å². The van der Waals surface area contributed by atoms with Crippen molar-refractivity contribution >= 4 is 23.7 Å². The molecule has 0 aliphatic carbocycles. The number of para-hydroxylation sites is 1. The molecular weight excluding hydrogens is 454 g/mol. The van der Waals surface area contributed by atoms with Crippen LogP contribution in [0.3, 0.4) is 0 Å². The summed E-state index contributed by atoms with van der Waals surface area (Å²) in [7, 11) is 1.48. The Morgan fingerprint density at radius 2 is 1.46 bits per heavy atom. The number of ketones is 1. The van der Waals surface area contributed by atoms with E-state index in [1.807, 2.05) is 45.9 Å². The number of carbonyl (C=O) groups excluding carboxylic acids is 4. The van der Waals surface area contributed by atoms with Gasteiger partial charge in [-0.3, -0.25) is 14.4 Å². The van der Waals surface area contributed by atoms with Gasteiger partial charge in [0, 0.05) is 7.11 Å². The van der Waals surface area contributed by atoms with Gasteiger partial charge in [0.15, 0.2) is 0 Å². The Kier molecular flexibility index (Phi) is 14.1. The Labute approximate surface area is 207 Å². The summed E-state index contributed by atoms with van der Waals surface area (Å²) < 4.78 is 15.3. The van der Waals surface area contributed by atoms with Crippen LogP contribution in [0.25, 0.3) is 0 Å². The first kappa shape index (κ1) is 29.9. The molecule has 1 rings (SSSR count). The average molecular weight is 494 g/mol. The summed E-state index contributed by atoms with van der Waals surface area (Å²) >= 11 is 0. The summed E-state index contributed by atoms with van der Waals surface area (Å²) in [6, 6.07) is 7.15. The third kappa shape index (κ3) is 12.8. The van der Waals surface area contributed by atoms with Gasteiger partial charge in [0.1, 0.15) is 25.0 Å². The monoisotopic (exact) mass is 493 g/mol. The van der Waals surface area contributed by atoms with Gasteiger partial charge in [-0.1, -0.05) is 45.9 Å². The van der Waals surface area contributed by atoms with Crippen molar-refractivity contribution in [3.05, 3.63) is 30.3 Å². The van der Waals surface area contributed by atoms with Gasteiger partial charge < -0.3 is 30.2 Å². The van der Waals surface area contributed by atoms with Crippen molar-refractivity contribution in [2.45, 2.75) is 52.6 Å². The highest BCUT2D eigenvalue weighted by Crippen LogP contribution is 2.10. The number of hydrogen-bond donors (Lipinski definition) is 3. The second kappa shape index (κ2) is 16.5. The SMILES string of the molecule is COCCOC(=O)N[C@@H](CC(C)C)C(=O)N[C@@H](CC(C)C)C(=O)C(=O)NCCOc1ccccc1. The molecule has 0 aliphatic heterocycles. The molecule has 0 aromatic heterocycles. The van der Waals surface area contributed by atoms with Crippen molar-refractivity contribution < 1.29 is 33.4 Å². The van der Waals surface area contributed by atoms with Crippen molar-refractivity contribution in [2.75, 3.05) is 33.5 Å². The predicted octanol–water partition coefficient (Wildman–Crippen LogP) is 2.07. The second-order valence-electron chi connectivity index (χ2n) is 8.93. The molecule has 10 nitrogen and oxygen atoms in total. The molecule has 0 heterocycles. The van der Waals surface area contributed by atoms with E-state index >= 15 is 0 Å². The van der Waals surface area contributed by atoms with E-state index < -0.39 is 35.8 Å². The maximum atomic E-state index is 13.0. The number of benzene rings is 1. The molecule has 1 aromatic rings. The van der Waals surface area contributed by atoms with E-state index in [9.17, 15) is 19.2 Å². The molecular formula is C25H39N3O7. The lowest BCUT2D eigenvalue weighted by Gasteiger charge is -2.24. The van der Waals surface area contributed by atoms with Crippen LogP contribution in [0.2, 0.25) is 0 Å². The lowest BCUT2D eigenvalue weighted by molar-refractivity contribution is -0.140. The second-order valence-corrected chi connectivity index (χ2v) is 8.93. The highest BCUT2D eigenvalue weighted by atomic mass is 16.6. The van der Waals surface area contributed by atoms with Crippen molar-refractivity contribution in [1.82, 2.24) is 16.0 Å². The van der Waals surface area contributed by atoms with Crippen LogP contribution in [0, 0.1) is 11.8 Å². The van der Waals surface area contributed by atoms with Gasteiger partial charge in [-0.2, -0.15) is 0 Å². The molecule has 0 spiro atoms. The van der Waals surface area contributed by atoms with Gasteiger partial charge >= 0.3 is 6.09 Å². The molecule has 0 bridgehead atoms. The van der Waals surface area contributed by atoms with Crippen molar-refractivity contribution in [3.8, 4) is 5.75 Å². The van der Waals surface area contributed by atoms with Crippen LogP contribution in [-0.2, 0) is 23.9 Å². The molecule has 196 valence electrons. The van der Waals surface area contributed by atoms with Crippen LogP contribution in [0.15, 0.2) is 30.3 Å². The summed E-state index contributed by atoms with van der Waals surface area (Å²) in [6.07, 6.45) is -0.159. The van der Waals surface area contributed by atoms with E-state index in [0.717, 1.165) is 0 Å². The Bertz CT molecular complexity index is 800. The van der Waals surface area contributed by atoms with Crippen LogP contribution in [0.5, 0.6) is 5.75 Å². The molecule has 10 heteroatoms. The minimum absolute atomic E-state index is 0.0361. The zero-order chi connectivity index (χ0) is 26.2. The molecule has 3 amide bonds. The molecule has 0 saturated heterocycles. The number of rotatable bonds is 16. The first-order chi connectivity index (χ1) is 16.6. The molecule has 35 heavy (non-hydrogen) atoms. The Morgan fingerprint density at radius 1 is 0.829 bits per heavy atom. The largest absolute Gasteiger partial charge is 0.492 e. The molecule has 0 fully saturated rings. The van der Waals surface area contributed by atoms with Crippen molar-refractivity contribution in [1.29, 1.82) is 0 Å². The lowest BCUT2D eigenvalue weighted by Crippen LogP contribution is -2.54. The number of hydrogen-bond acceptors (Lipinski definition) is 7. The zero-order valence-corrected chi connectivity index (χ0v) is 21.3. The Balaban J connectivity index is 2.71. The maximum absolute atomic E-state index is 13.0. The van der Waals surface area contributed by atoms with Gasteiger partial charge in [-0.25, -0.2) is 4.79 Å². The number of carbonyl (C=O) groups is 4. The van der Waals surface area contributed by atoms with Gasteiger partial charge in [0.25, 0.3) is 5.91 Å². The molecule has 0 radical (unpaired) electrons. The van der Waals surface area contributed by atoms with Crippen molar-refractivity contribution in [3.63, 3.8) is 0 Å². The summed E-state index contributed by atoms with van der Waals surface area (Å²) in [5.41, 5.74) is 0. The normalized spacial score (nSPS) is 12.5. The molecule has 3 N–H and O–H groups in total. The highest BCUT2D eigenvalue weighted by Gasteiger charge is 2.31. The lowest BCUT2D eigenvalue weighted by atomic mass is 9.98. The van der Waals surface area contributed by atoms with Gasteiger partial charge in [-0.05, 0) is 36.8 Å². The van der Waals surface area contributed by atoms with E-state index in [0.29, 0.717) is 12.2 Å². The van der Waals surface area contributed by atoms with Crippen LogP contribution in [-0.4, -0.2) is 69.2 Å². The van der Waals surface area contributed by atoms with Crippen LogP contribution in [0.1, 0.15) is 40.5 Å². The maximum Gasteiger partial charge on any atom is 0.407 e. The van der Waals surface area contributed by atoms with E-state index in [1.165, 1.54) is 7.11 Å². The van der Waals surface area contributed by atoms with Crippen LogP contribution >= 0.6 is 0 Å². The van der Waals surface area contributed by atoms with E-state index in [2.05, 4.69) is 16.0 Å². The summed E-state index contributed by atoms with van der Waals surface area (Å²) in [6.45, 7) is 8.17. The molecule has 1 aromatic carbocycles. The number of Topliss-reactive ketones (excluding diaryl/α,β-unsaturated/α-hetero) is 1. The predicted molar refractivity (Wildman–Crippen MR) is 131 cm³/mol. The fraction of sp³-hybridized carbons (Fsp3) is 0.600. The Hall–Kier alpha value is -3.14. The van der Waals surface area contributed by atoms with Crippen molar-refractivity contribution in [2.24, 2.45) is 11.8 Å². The Morgan fingerprint density at radius 3 is 2.06 bits per heavy atom. The molecule has 0 unspecified atom stereocenters. The van der Waals surface area contributed by atoms with E-state index in [-0.39, 0.29) is 44.6 Å². The smallest absolute Gasteiger partial charge is 0.407 e. The quantitative estimate of drug-likeness (QED) is 0.237. The number of methoxy groups -OCH3 is 1. The van der Waals surface area contributed by atoms with Crippen LogP contribution < -0.4 is 20.7 Å². The summed E-state index contributed by atoms with van der Waals surface area (Å²) in [4.78, 5) is 50.3. The third-order valence-corrected chi connectivity index (χ3v) is 4.80. The average Bonchev–Trinajstić information content (AvgIpc) is 2.80. The minimum atomic E-state index is -1.03. The van der Waals surface area contributed by atoms with Gasteiger partial charge in [0.05, 0.1) is 19.2 Å². The molecule has 2 atom stereocenters. The molecule has 0 saturated carbocycles. The topological polar surface area (TPSA) is 132 Å². The van der Waals surface area contributed by atoms with Crippen LogP contribution in [0.4, 0.5) is 4.79 Å². The fourth-order valence-corrected chi connectivity index (χ4v) is 3.18. The van der Waals surface area contributed by atoms with E-state index in [4.69, 9.17) is 14.2 Å². The summed E-state index contributed by atoms with van der Waals surface area (Å²) in [5.74, 6) is -1.34.